The zero-order valence-corrected chi connectivity index (χ0v) is 13.3. The lowest BCUT2D eigenvalue weighted by molar-refractivity contribution is -0.132. The molecule has 23 heavy (non-hydrogen) atoms. The first-order valence-electron chi connectivity index (χ1n) is 8.08. The number of piperidine rings is 1. The largest absolute Gasteiger partial charge is 0.368 e. The molecule has 0 N–H and O–H groups in total. The first kappa shape index (κ1) is 15.5. The second-order valence-corrected chi connectivity index (χ2v) is 5.82. The molecule has 7 heteroatoms. The van der Waals surface area contributed by atoms with Crippen LogP contribution in [-0.4, -0.2) is 43.7 Å². The molecule has 0 atom stereocenters. The van der Waals surface area contributed by atoms with Gasteiger partial charge in [-0.2, -0.15) is 9.36 Å². The summed E-state index contributed by atoms with van der Waals surface area (Å²) in [5, 5.41) is 8.02. The summed E-state index contributed by atoms with van der Waals surface area (Å²) in [6.07, 6.45) is 2.93. The van der Waals surface area contributed by atoms with E-state index in [9.17, 15) is 9.59 Å². The van der Waals surface area contributed by atoms with Gasteiger partial charge in [0.15, 0.2) is 0 Å². The van der Waals surface area contributed by atoms with Crippen molar-refractivity contribution in [3.8, 4) is 5.69 Å². The van der Waals surface area contributed by atoms with Crippen LogP contribution < -0.4 is 5.69 Å². The van der Waals surface area contributed by atoms with E-state index in [1.54, 1.807) is 0 Å². The van der Waals surface area contributed by atoms with Crippen LogP contribution in [0.3, 0.4) is 0 Å². The number of para-hydroxylation sites is 1. The van der Waals surface area contributed by atoms with Gasteiger partial charge in [-0.15, -0.1) is 0 Å². The van der Waals surface area contributed by atoms with Gasteiger partial charge in [0.2, 0.25) is 5.91 Å². The van der Waals surface area contributed by atoms with Gasteiger partial charge >= 0.3 is 5.69 Å². The second kappa shape index (κ2) is 6.76. The van der Waals surface area contributed by atoms with Gasteiger partial charge in [-0.25, -0.2) is 4.79 Å². The number of tetrazole rings is 1. The number of carbonyl (C=O) groups excluding carboxylic acids is 1. The topological polar surface area (TPSA) is 73.0 Å². The van der Waals surface area contributed by atoms with Crippen LogP contribution in [0.2, 0.25) is 0 Å². The minimum absolute atomic E-state index is 0.00522. The van der Waals surface area contributed by atoms with E-state index in [0.29, 0.717) is 25.2 Å². The van der Waals surface area contributed by atoms with Crippen LogP contribution in [0.4, 0.5) is 0 Å². The molecule has 1 aliphatic heterocycles. The van der Waals surface area contributed by atoms with E-state index in [1.807, 2.05) is 42.2 Å². The Hall–Kier alpha value is -2.44. The van der Waals surface area contributed by atoms with Gasteiger partial charge in [0.25, 0.3) is 0 Å². The molecule has 1 aromatic carbocycles. The third-order valence-corrected chi connectivity index (χ3v) is 4.23. The Bertz CT molecular complexity index is 714. The fourth-order valence-corrected chi connectivity index (χ4v) is 2.95. The minimum Gasteiger partial charge on any atom is -0.343 e. The predicted molar refractivity (Wildman–Crippen MR) is 85.4 cm³/mol. The van der Waals surface area contributed by atoms with Crippen LogP contribution in [0, 0.1) is 0 Å². The van der Waals surface area contributed by atoms with Crippen LogP contribution in [0.5, 0.6) is 0 Å². The number of carbonyl (C=O) groups is 1. The normalized spacial score (nSPS) is 15.8. The first-order chi connectivity index (χ1) is 11.2. The number of benzene rings is 1. The lowest BCUT2D eigenvalue weighted by atomic mass is 10.0. The van der Waals surface area contributed by atoms with E-state index in [0.717, 1.165) is 19.3 Å². The van der Waals surface area contributed by atoms with Crippen LogP contribution in [-0.2, 0) is 4.79 Å². The molecule has 0 bridgehead atoms. The standard InChI is InChI=1S/C16H21N5O2/c1-2-6-15(22)19-11-9-14(10-12-19)21-16(23)20(17-18-21)13-7-4-3-5-8-13/h3-5,7-8,14H,2,6,9-12H2,1H3. The van der Waals surface area contributed by atoms with Gasteiger partial charge in [0, 0.05) is 19.5 Å². The third kappa shape index (κ3) is 3.18. The predicted octanol–water partition coefficient (Wildman–Crippen LogP) is 1.39. The SMILES string of the molecule is CCCC(=O)N1CCC(n2nnn(-c3ccccc3)c2=O)CC1. The molecule has 1 amide bonds. The third-order valence-electron chi connectivity index (χ3n) is 4.23. The molecule has 0 unspecified atom stereocenters. The summed E-state index contributed by atoms with van der Waals surface area (Å²) in [6, 6.07) is 9.27. The van der Waals surface area contributed by atoms with Gasteiger partial charge in [0.1, 0.15) is 0 Å². The minimum atomic E-state index is -0.227. The number of amides is 1. The monoisotopic (exact) mass is 315 g/mol. The van der Waals surface area contributed by atoms with Crippen LogP contribution in [0.1, 0.15) is 38.6 Å². The Balaban J connectivity index is 1.71. The molecule has 0 saturated carbocycles. The molecule has 1 saturated heterocycles. The fourth-order valence-electron chi connectivity index (χ4n) is 2.95. The van der Waals surface area contributed by atoms with Crippen molar-refractivity contribution in [3.05, 3.63) is 40.8 Å². The summed E-state index contributed by atoms with van der Waals surface area (Å²) < 4.78 is 2.77. The van der Waals surface area contributed by atoms with Crippen molar-refractivity contribution >= 4 is 5.91 Å². The Morgan fingerprint density at radius 2 is 1.87 bits per heavy atom. The maximum atomic E-state index is 12.5. The number of likely N-dealkylation sites (tertiary alicyclic amines) is 1. The molecular weight excluding hydrogens is 294 g/mol. The van der Waals surface area contributed by atoms with Crippen LogP contribution in [0.15, 0.2) is 35.1 Å². The lowest BCUT2D eigenvalue weighted by Gasteiger charge is -2.31. The van der Waals surface area contributed by atoms with Crippen molar-refractivity contribution in [2.24, 2.45) is 0 Å². The van der Waals surface area contributed by atoms with Crippen molar-refractivity contribution in [1.29, 1.82) is 0 Å². The molecule has 1 aliphatic rings. The molecule has 0 aliphatic carbocycles. The fraction of sp³-hybridized carbons (Fsp3) is 0.500. The zero-order valence-electron chi connectivity index (χ0n) is 13.3. The Morgan fingerprint density at radius 1 is 1.17 bits per heavy atom. The van der Waals surface area contributed by atoms with Gasteiger partial charge in [-0.05, 0) is 41.8 Å². The number of rotatable bonds is 4. The maximum Gasteiger partial charge on any atom is 0.368 e. The first-order valence-corrected chi connectivity index (χ1v) is 8.08. The molecule has 2 heterocycles. The number of aromatic nitrogens is 4. The molecule has 0 spiro atoms. The van der Waals surface area contributed by atoms with Crippen molar-refractivity contribution in [2.45, 2.75) is 38.6 Å². The lowest BCUT2D eigenvalue weighted by Crippen LogP contribution is -2.41. The van der Waals surface area contributed by atoms with Gasteiger partial charge in [-0.3, -0.25) is 4.79 Å². The summed E-state index contributed by atoms with van der Waals surface area (Å²) >= 11 is 0. The maximum absolute atomic E-state index is 12.5. The van der Waals surface area contributed by atoms with Gasteiger partial charge in [0.05, 0.1) is 11.7 Å². The Morgan fingerprint density at radius 3 is 2.52 bits per heavy atom. The van der Waals surface area contributed by atoms with E-state index in [-0.39, 0.29) is 17.6 Å². The highest BCUT2D eigenvalue weighted by Crippen LogP contribution is 2.20. The molecule has 1 aromatic heterocycles. The zero-order chi connectivity index (χ0) is 16.2. The van der Waals surface area contributed by atoms with Crippen molar-refractivity contribution in [2.75, 3.05) is 13.1 Å². The number of nitrogens with zero attached hydrogens (tertiary/aromatic N) is 5. The summed E-state index contributed by atoms with van der Waals surface area (Å²) in [4.78, 5) is 26.3. The summed E-state index contributed by atoms with van der Waals surface area (Å²) in [6.45, 7) is 3.36. The van der Waals surface area contributed by atoms with E-state index >= 15 is 0 Å². The molecule has 7 nitrogen and oxygen atoms in total. The van der Waals surface area contributed by atoms with Crippen molar-refractivity contribution in [3.63, 3.8) is 0 Å². The van der Waals surface area contributed by atoms with Gasteiger partial charge < -0.3 is 4.90 Å². The molecule has 122 valence electrons. The molecular formula is C16H21N5O2. The van der Waals surface area contributed by atoms with E-state index in [2.05, 4.69) is 10.4 Å². The summed E-state index contributed by atoms with van der Waals surface area (Å²) in [7, 11) is 0. The second-order valence-electron chi connectivity index (χ2n) is 5.82. The molecule has 0 radical (unpaired) electrons. The summed E-state index contributed by atoms with van der Waals surface area (Å²) in [5.41, 5.74) is 0.480. The average molecular weight is 315 g/mol. The molecule has 2 aromatic rings. The highest BCUT2D eigenvalue weighted by molar-refractivity contribution is 5.76. The van der Waals surface area contributed by atoms with Crippen molar-refractivity contribution in [1.82, 2.24) is 24.7 Å². The smallest absolute Gasteiger partial charge is 0.343 e. The van der Waals surface area contributed by atoms with Gasteiger partial charge in [-0.1, -0.05) is 25.1 Å². The molecule has 1 fully saturated rings. The quantitative estimate of drug-likeness (QED) is 0.855. The van der Waals surface area contributed by atoms with E-state index in [4.69, 9.17) is 0 Å². The van der Waals surface area contributed by atoms with Crippen molar-refractivity contribution < 1.29 is 4.79 Å². The van der Waals surface area contributed by atoms with Crippen LogP contribution >= 0.6 is 0 Å². The summed E-state index contributed by atoms with van der Waals surface area (Å²) in [5.74, 6) is 0.200. The highest BCUT2D eigenvalue weighted by Gasteiger charge is 2.26. The number of hydrogen-bond donors (Lipinski definition) is 0. The average Bonchev–Trinajstić information content (AvgIpc) is 2.97. The van der Waals surface area contributed by atoms with Crippen LogP contribution in [0.25, 0.3) is 5.69 Å². The Labute approximate surface area is 134 Å². The molecule has 3 rings (SSSR count). The number of hydrogen-bond acceptors (Lipinski definition) is 4. The highest BCUT2D eigenvalue weighted by atomic mass is 16.2. The Kier molecular flexibility index (Phi) is 4.55. The van der Waals surface area contributed by atoms with E-state index in [1.165, 1.54) is 9.36 Å². The van der Waals surface area contributed by atoms with E-state index < -0.39 is 0 Å².